The molecule has 0 heterocycles. The molecule has 37 heavy (non-hydrogen) atoms. The van der Waals surface area contributed by atoms with Crippen LogP contribution in [0.2, 0.25) is 0 Å². The van der Waals surface area contributed by atoms with Crippen LogP contribution in [0.5, 0.6) is 11.5 Å². The summed E-state index contributed by atoms with van der Waals surface area (Å²) in [6.45, 7) is -0.392. The number of isocyanates is 2. The van der Waals surface area contributed by atoms with Crippen LogP contribution >= 0.6 is 0 Å². The van der Waals surface area contributed by atoms with E-state index < -0.39 is 6.04 Å². The van der Waals surface area contributed by atoms with E-state index in [0.29, 0.717) is 28.4 Å². The van der Waals surface area contributed by atoms with Crippen molar-refractivity contribution >= 4 is 35.1 Å². The van der Waals surface area contributed by atoms with E-state index in [0.717, 1.165) is 5.56 Å². The van der Waals surface area contributed by atoms with E-state index in [9.17, 15) is 19.2 Å². The van der Waals surface area contributed by atoms with Gasteiger partial charge < -0.3 is 9.47 Å². The van der Waals surface area contributed by atoms with E-state index in [2.05, 4.69) is 15.3 Å². The van der Waals surface area contributed by atoms with Crippen LogP contribution in [0.3, 0.4) is 0 Å². The third kappa shape index (κ3) is 8.21. The molecule has 0 fully saturated rings. The molecule has 0 saturated carbocycles. The molecule has 3 rings (SSSR count). The van der Waals surface area contributed by atoms with Gasteiger partial charge in [-0.25, -0.2) is 9.59 Å². The average molecular weight is 496 g/mol. The third-order valence-corrected chi connectivity index (χ3v) is 5.18. The first-order valence-electron chi connectivity index (χ1n) is 10.9. The second kappa shape index (κ2) is 13.6. The van der Waals surface area contributed by atoms with Gasteiger partial charge in [0.05, 0.1) is 24.0 Å². The average Bonchev–Trinajstić information content (AvgIpc) is 2.92. The molecule has 0 bridgehead atoms. The number of carbonyl (C=O) groups is 2. The van der Waals surface area contributed by atoms with Gasteiger partial charge in [0.2, 0.25) is 12.2 Å². The molecule has 3 aromatic carbocycles. The van der Waals surface area contributed by atoms with E-state index >= 15 is 0 Å². The van der Waals surface area contributed by atoms with Crippen LogP contribution in [-0.4, -0.2) is 42.9 Å². The van der Waals surface area contributed by atoms with Gasteiger partial charge in [-0.05, 0) is 72.6 Å². The van der Waals surface area contributed by atoms with Crippen molar-refractivity contribution in [1.29, 1.82) is 5.26 Å². The number of hydrogen-bond acceptors (Lipinski definition) is 10. The van der Waals surface area contributed by atoms with Crippen LogP contribution in [-0.2, 0) is 20.8 Å². The Kier molecular flexibility index (Phi) is 9.73. The van der Waals surface area contributed by atoms with Gasteiger partial charge >= 0.3 is 0 Å². The summed E-state index contributed by atoms with van der Waals surface area (Å²) in [5, 5.41) is 11.6. The summed E-state index contributed by atoms with van der Waals surface area (Å²) in [5.41, 5.74) is 1.94. The Hall–Kier alpha value is -5.19. The molecular weight excluding hydrogens is 476 g/mol. The lowest BCUT2D eigenvalue weighted by molar-refractivity contribution is -0.123. The minimum absolute atomic E-state index is 0.124. The standard InChI is InChI=1S/C27H20N4O6/c28-16-37-24-9-1-19(2-10-24)13-25(27(35)15-36-23-11-7-22(8-12-23)31-18-33)29-14-26(34)20-3-5-21(6-4-20)30-17-32/h1-12,25,29H,13-15H2. The van der Waals surface area contributed by atoms with E-state index in [1.54, 1.807) is 54.8 Å². The van der Waals surface area contributed by atoms with Crippen LogP contribution in [0.25, 0.3) is 0 Å². The maximum Gasteiger partial charge on any atom is 0.292 e. The van der Waals surface area contributed by atoms with Gasteiger partial charge in [-0.3, -0.25) is 14.9 Å². The molecule has 0 aromatic heterocycles. The van der Waals surface area contributed by atoms with Crippen molar-refractivity contribution in [2.75, 3.05) is 13.2 Å². The molecule has 0 aliphatic rings. The zero-order valence-corrected chi connectivity index (χ0v) is 19.4. The number of rotatable bonds is 13. The van der Waals surface area contributed by atoms with E-state index in [-0.39, 0.29) is 31.1 Å². The molecule has 1 atom stereocenters. The first-order chi connectivity index (χ1) is 18.0. The predicted molar refractivity (Wildman–Crippen MR) is 131 cm³/mol. The van der Waals surface area contributed by atoms with Gasteiger partial charge in [-0.15, -0.1) is 5.26 Å². The zero-order chi connectivity index (χ0) is 26.5. The Labute approximate surface area is 211 Å². The summed E-state index contributed by atoms with van der Waals surface area (Å²) in [6.07, 6.45) is 4.73. The summed E-state index contributed by atoms with van der Waals surface area (Å²) in [7, 11) is 0. The number of aliphatic imine (C=N–C) groups is 2. The minimum Gasteiger partial charge on any atom is -0.486 e. The highest BCUT2D eigenvalue weighted by Crippen LogP contribution is 2.18. The van der Waals surface area contributed by atoms with E-state index in [4.69, 9.17) is 14.7 Å². The predicted octanol–water partition coefficient (Wildman–Crippen LogP) is 3.51. The minimum atomic E-state index is -0.760. The normalized spacial score (nSPS) is 10.7. The number of ether oxygens (including phenoxy) is 2. The van der Waals surface area contributed by atoms with Gasteiger partial charge in [-0.2, -0.15) is 9.98 Å². The number of Topliss-reactive ketones (excluding diaryl/α,β-unsaturated/α-hetero) is 2. The number of hydrogen-bond donors (Lipinski definition) is 1. The molecule has 10 heteroatoms. The maximum absolute atomic E-state index is 13.0. The largest absolute Gasteiger partial charge is 0.486 e. The van der Waals surface area contributed by atoms with Crippen molar-refractivity contribution in [3.8, 4) is 17.8 Å². The highest BCUT2D eigenvalue weighted by atomic mass is 16.5. The Balaban J connectivity index is 1.68. The number of nitriles is 1. The summed E-state index contributed by atoms with van der Waals surface area (Å²) in [5.74, 6) is 0.217. The highest BCUT2D eigenvalue weighted by molar-refractivity contribution is 5.98. The topological polar surface area (TPSA) is 147 Å². The monoisotopic (exact) mass is 496 g/mol. The van der Waals surface area contributed by atoms with Crippen molar-refractivity contribution < 1.29 is 28.7 Å². The lowest BCUT2D eigenvalue weighted by atomic mass is 10.0. The Bertz CT molecular complexity index is 1370. The van der Waals surface area contributed by atoms with Crippen LogP contribution < -0.4 is 14.8 Å². The van der Waals surface area contributed by atoms with Crippen LogP contribution in [0.1, 0.15) is 15.9 Å². The molecule has 184 valence electrons. The van der Waals surface area contributed by atoms with Crippen LogP contribution in [0, 0.1) is 11.5 Å². The fourth-order valence-electron chi connectivity index (χ4n) is 3.30. The number of nitrogens with one attached hydrogen (secondary N) is 1. The SMILES string of the molecule is N#COc1ccc(CC(NCC(=O)c2ccc(N=C=O)cc2)C(=O)COc2ccc(N=C=O)cc2)cc1. The van der Waals surface area contributed by atoms with E-state index in [1.165, 1.54) is 36.4 Å². The molecule has 1 unspecified atom stereocenters. The first kappa shape index (κ1) is 26.4. The molecule has 0 aliphatic carbocycles. The summed E-state index contributed by atoms with van der Waals surface area (Å²) >= 11 is 0. The van der Waals surface area contributed by atoms with Gasteiger partial charge in [0, 0.05) is 5.56 Å². The molecule has 0 saturated heterocycles. The Morgan fingerprint density at radius 1 is 0.838 bits per heavy atom. The highest BCUT2D eigenvalue weighted by Gasteiger charge is 2.21. The lowest BCUT2D eigenvalue weighted by Crippen LogP contribution is -2.43. The molecule has 0 aliphatic heterocycles. The molecule has 1 N–H and O–H groups in total. The second-order valence-corrected chi connectivity index (χ2v) is 7.60. The van der Waals surface area contributed by atoms with Crippen molar-refractivity contribution in [2.45, 2.75) is 12.5 Å². The van der Waals surface area contributed by atoms with Gasteiger partial charge in [0.1, 0.15) is 18.1 Å². The molecule has 0 radical (unpaired) electrons. The second-order valence-electron chi connectivity index (χ2n) is 7.60. The molecule has 10 nitrogen and oxygen atoms in total. The fraction of sp³-hybridized carbons (Fsp3) is 0.148. The summed E-state index contributed by atoms with van der Waals surface area (Å²) < 4.78 is 10.4. The van der Waals surface area contributed by atoms with Gasteiger partial charge in [0.25, 0.3) is 6.26 Å². The lowest BCUT2D eigenvalue weighted by Gasteiger charge is -2.18. The van der Waals surface area contributed by atoms with Crippen molar-refractivity contribution in [3.05, 3.63) is 83.9 Å². The Morgan fingerprint density at radius 3 is 1.97 bits per heavy atom. The molecule has 3 aromatic rings. The smallest absolute Gasteiger partial charge is 0.292 e. The first-order valence-corrected chi connectivity index (χ1v) is 10.9. The Morgan fingerprint density at radius 2 is 1.41 bits per heavy atom. The number of benzene rings is 3. The van der Waals surface area contributed by atoms with Crippen LogP contribution in [0.4, 0.5) is 11.4 Å². The zero-order valence-electron chi connectivity index (χ0n) is 19.4. The van der Waals surface area contributed by atoms with Gasteiger partial charge in [0.15, 0.2) is 11.6 Å². The van der Waals surface area contributed by atoms with E-state index in [1.807, 2.05) is 0 Å². The van der Waals surface area contributed by atoms with Gasteiger partial charge in [-0.1, -0.05) is 12.1 Å². The van der Waals surface area contributed by atoms with Crippen LogP contribution in [0.15, 0.2) is 82.8 Å². The fourth-order valence-corrected chi connectivity index (χ4v) is 3.30. The summed E-state index contributed by atoms with van der Waals surface area (Å²) in [6, 6.07) is 18.2. The molecular formula is C27H20N4O6. The number of ketones is 2. The third-order valence-electron chi connectivity index (χ3n) is 5.18. The van der Waals surface area contributed by atoms with Crippen molar-refractivity contribution in [3.63, 3.8) is 0 Å². The molecule has 0 amide bonds. The summed E-state index contributed by atoms with van der Waals surface area (Å²) in [4.78, 5) is 53.4. The van der Waals surface area contributed by atoms with Crippen molar-refractivity contribution in [2.24, 2.45) is 9.98 Å². The van der Waals surface area contributed by atoms with Crippen molar-refractivity contribution in [1.82, 2.24) is 5.32 Å². The maximum atomic E-state index is 13.0. The quantitative estimate of drug-likeness (QED) is 0.164. The number of nitrogens with zero attached hydrogens (tertiary/aromatic N) is 3. The molecule has 0 spiro atoms. The number of carbonyl (C=O) groups excluding carboxylic acids is 4.